The van der Waals surface area contributed by atoms with Crippen LogP contribution in [0.5, 0.6) is 0 Å². The summed E-state index contributed by atoms with van der Waals surface area (Å²) in [6.45, 7) is 10.7. The molecule has 5 rings (SSSR count). The van der Waals surface area contributed by atoms with Crippen molar-refractivity contribution >= 4 is 50.3 Å². The lowest BCUT2D eigenvalue weighted by Crippen LogP contribution is -2.25. The third-order valence-electron chi connectivity index (χ3n) is 6.81. The number of aryl methyl sites for hydroxylation is 1. The molecule has 0 saturated heterocycles. The normalized spacial score (nSPS) is 11.5. The number of carbonyl (C=O) groups excluding carboxylic acids is 2. The van der Waals surface area contributed by atoms with Gasteiger partial charge in [0.25, 0.3) is 5.91 Å². The zero-order valence-electron chi connectivity index (χ0n) is 23.7. The summed E-state index contributed by atoms with van der Waals surface area (Å²) in [5.74, 6) is 0.335. The van der Waals surface area contributed by atoms with Crippen molar-refractivity contribution in [2.75, 3.05) is 11.1 Å². The molecule has 0 fully saturated rings. The molecule has 0 spiro atoms. The largest absolute Gasteiger partial charge is 0.345 e. The smallest absolute Gasteiger partial charge is 0.251 e. The first kappa shape index (κ1) is 28.5. The first-order valence-electron chi connectivity index (χ1n) is 13.3. The van der Waals surface area contributed by atoms with Crippen molar-refractivity contribution < 1.29 is 9.59 Å². The molecule has 3 aromatic carbocycles. The molecule has 0 aliphatic heterocycles. The number of nitrogens with zero attached hydrogens (tertiary/aromatic N) is 4. The molecule has 0 aliphatic carbocycles. The van der Waals surface area contributed by atoms with Gasteiger partial charge >= 0.3 is 0 Å². The van der Waals surface area contributed by atoms with Gasteiger partial charge in [-0.3, -0.25) is 14.2 Å². The zero-order valence-corrected chi connectivity index (χ0v) is 25.3. The van der Waals surface area contributed by atoms with Crippen LogP contribution in [0.3, 0.4) is 0 Å². The maximum absolute atomic E-state index is 13.0. The van der Waals surface area contributed by atoms with Crippen LogP contribution in [0.25, 0.3) is 15.9 Å². The highest BCUT2D eigenvalue weighted by atomic mass is 32.2. The second kappa shape index (κ2) is 11.8. The number of para-hydroxylation sites is 1. The lowest BCUT2D eigenvalue weighted by molar-refractivity contribution is -0.113. The minimum absolute atomic E-state index is 0.0104. The number of thiazole rings is 1. The van der Waals surface area contributed by atoms with Crippen LogP contribution < -0.4 is 10.6 Å². The summed E-state index contributed by atoms with van der Waals surface area (Å²) in [6, 6.07) is 21.5. The molecular weight excluding hydrogens is 553 g/mol. The third-order valence-corrected chi connectivity index (χ3v) is 8.69. The Hall–Kier alpha value is -4.02. The van der Waals surface area contributed by atoms with E-state index in [0.29, 0.717) is 21.7 Å². The van der Waals surface area contributed by atoms with Crippen molar-refractivity contribution in [3.63, 3.8) is 0 Å². The van der Waals surface area contributed by atoms with Crippen LogP contribution in [-0.2, 0) is 16.8 Å². The average molecular weight is 585 g/mol. The van der Waals surface area contributed by atoms with Gasteiger partial charge in [-0.15, -0.1) is 10.2 Å². The quantitative estimate of drug-likeness (QED) is 0.203. The summed E-state index contributed by atoms with van der Waals surface area (Å²) in [5.41, 5.74) is 5.70. The van der Waals surface area contributed by atoms with E-state index in [-0.39, 0.29) is 29.5 Å². The summed E-state index contributed by atoms with van der Waals surface area (Å²) in [6.07, 6.45) is 0. The van der Waals surface area contributed by atoms with Crippen LogP contribution in [0.2, 0.25) is 0 Å². The van der Waals surface area contributed by atoms with Crippen molar-refractivity contribution in [3.05, 3.63) is 94.8 Å². The molecule has 2 N–H and O–H groups in total. The SMILES string of the molecule is Cc1cccc(-n2c(CNC(=O)c3ccc(C(C)(C)C)cc3)nnc2SCC(=O)Nc2nc3ccccc3s2)c1C. The van der Waals surface area contributed by atoms with Crippen molar-refractivity contribution in [2.24, 2.45) is 0 Å². The topological polar surface area (TPSA) is 102 Å². The Morgan fingerprint density at radius 3 is 2.44 bits per heavy atom. The summed E-state index contributed by atoms with van der Waals surface area (Å²) in [4.78, 5) is 30.3. The van der Waals surface area contributed by atoms with E-state index in [2.05, 4.69) is 46.6 Å². The highest BCUT2D eigenvalue weighted by molar-refractivity contribution is 7.99. The second-order valence-corrected chi connectivity index (χ2v) is 12.8. The number of benzene rings is 3. The van der Waals surface area contributed by atoms with Crippen LogP contribution >= 0.6 is 23.1 Å². The lowest BCUT2D eigenvalue weighted by atomic mass is 9.87. The first-order chi connectivity index (χ1) is 19.6. The van der Waals surface area contributed by atoms with E-state index < -0.39 is 0 Å². The van der Waals surface area contributed by atoms with Crippen molar-refractivity contribution in [1.82, 2.24) is 25.1 Å². The van der Waals surface area contributed by atoms with E-state index in [0.717, 1.165) is 32.6 Å². The fourth-order valence-electron chi connectivity index (χ4n) is 4.32. The lowest BCUT2D eigenvalue weighted by Gasteiger charge is -2.19. The van der Waals surface area contributed by atoms with Crippen molar-refractivity contribution in [1.29, 1.82) is 0 Å². The van der Waals surface area contributed by atoms with Crippen LogP contribution in [0.15, 0.2) is 71.9 Å². The molecule has 0 bridgehead atoms. The summed E-state index contributed by atoms with van der Waals surface area (Å²) >= 11 is 2.73. The summed E-state index contributed by atoms with van der Waals surface area (Å²) < 4.78 is 2.93. The Morgan fingerprint density at radius 2 is 1.71 bits per heavy atom. The van der Waals surface area contributed by atoms with E-state index in [1.165, 1.54) is 23.1 Å². The number of amides is 2. The third kappa shape index (κ3) is 6.49. The molecular formula is C31H32N6O2S2. The molecule has 2 amide bonds. The fraction of sp³-hybridized carbons (Fsp3) is 0.258. The van der Waals surface area contributed by atoms with Gasteiger partial charge in [0.2, 0.25) is 5.91 Å². The van der Waals surface area contributed by atoms with Gasteiger partial charge in [-0.2, -0.15) is 0 Å². The second-order valence-electron chi connectivity index (χ2n) is 10.8. The maximum atomic E-state index is 13.0. The predicted octanol–water partition coefficient (Wildman–Crippen LogP) is 6.45. The Morgan fingerprint density at radius 1 is 0.951 bits per heavy atom. The van der Waals surface area contributed by atoms with Gasteiger partial charge in [0.15, 0.2) is 16.1 Å². The van der Waals surface area contributed by atoms with Crippen molar-refractivity contribution in [2.45, 2.75) is 51.7 Å². The van der Waals surface area contributed by atoms with Gasteiger partial charge in [0.05, 0.1) is 28.2 Å². The van der Waals surface area contributed by atoms with Gasteiger partial charge in [0.1, 0.15) is 0 Å². The minimum Gasteiger partial charge on any atom is -0.345 e. The molecule has 5 aromatic rings. The van der Waals surface area contributed by atoms with Crippen LogP contribution in [0.4, 0.5) is 5.13 Å². The molecule has 8 nitrogen and oxygen atoms in total. The number of carbonyl (C=O) groups is 2. The monoisotopic (exact) mass is 584 g/mol. The molecule has 41 heavy (non-hydrogen) atoms. The molecule has 0 radical (unpaired) electrons. The number of hydrogen-bond donors (Lipinski definition) is 2. The standard InChI is InChI=1S/C31H32N6O2S2/c1-19-9-8-11-24(20(19)2)37-26(17-32-28(39)21-13-15-22(16-14-21)31(3,4)5)35-36-30(37)40-18-27(38)34-29-33-23-10-6-7-12-25(23)41-29/h6-16H,17-18H2,1-5H3,(H,32,39)(H,33,34,38). The van der Waals surface area contributed by atoms with Crippen LogP contribution in [-0.4, -0.2) is 37.3 Å². The van der Waals surface area contributed by atoms with E-state index >= 15 is 0 Å². The van der Waals surface area contributed by atoms with Gasteiger partial charge < -0.3 is 10.6 Å². The van der Waals surface area contributed by atoms with Crippen LogP contribution in [0, 0.1) is 13.8 Å². The number of thioether (sulfide) groups is 1. The molecule has 0 saturated carbocycles. The maximum Gasteiger partial charge on any atom is 0.251 e. The number of rotatable bonds is 8. The molecule has 0 aliphatic rings. The highest BCUT2D eigenvalue weighted by Crippen LogP contribution is 2.28. The summed E-state index contributed by atoms with van der Waals surface area (Å²) in [5, 5.41) is 15.8. The van der Waals surface area contributed by atoms with E-state index in [4.69, 9.17) is 0 Å². The highest BCUT2D eigenvalue weighted by Gasteiger charge is 2.20. The van der Waals surface area contributed by atoms with Gasteiger partial charge in [-0.05, 0) is 66.3 Å². The molecule has 0 unspecified atom stereocenters. The predicted molar refractivity (Wildman–Crippen MR) is 166 cm³/mol. The number of nitrogens with one attached hydrogen (secondary N) is 2. The first-order valence-corrected chi connectivity index (χ1v) is 15.1. The Bertz CT molecular complexity index is 1680. The van der Waals surface area contributed by atoms with Crippen LogP contribution in [0.1, 0.15) is 53.6 Å². The number of anilines is 1. The molecule has 0 atom stereocenters. The minimum atomic E-state index is -0.189. The number of aromatic nitrogens is 4. The Balaban J connectivity index is 1.33. The summed E-state index contributed by atoms with van der Waals surface area (Å²) in [7, 11) is 0. The molecule has 2 aromatic heterocycles. The molecule has 210 valence electrons. The fourth-order valence-corrected chi connectivity index (χ4v) is 5.97. The Labute approximate surface area is 247 Å². The van der Waals surface area contributed by atoms with Gasteiger partial charge in [0, 0.05) is 5.56 Å². The molecule has 2 heterocycles. The van der Waals surface area contributed by atoms with Gasteiger partial charge in [-0.1, -0.05) is 80.3 Å². The van der Waals surface area contributed by atoms with Gasteiger partial charge in [-0.25, -0.2) is 4.98 Å². The van der Waals surface area contributed by atoms with E-state index in [1.807, 2.05) is 85.1 Å². The van der Waals surface area contributed by atoms with Crippen molar-refractivity contribution in [3.8, 4) is 5.69 Å². The number of hydrogen-bond acceptors (Lipinski definition) is 7. The number of fused-ring (bicyclic) bond motifs is 1. The van der Waals surface area contributed by atoms with E-state index in [9.17, 15) is 9.59 Å². The molecule has 10 heteroatoms. The Kier molecular flexibility index (Phi) is 8.23. The zero-order chi connectivity index (χ0) is 29.1. The average Bonchev–Trinajstić information content (AvgIpc) is 3.54. The van der Waals surface area contributed by atoms with E-state index in [1.54, 1.807) is 0 Å².